The van der Waals surface area contributed by atoms with E-state index < -0.39 is 0 Å². The van der Waals surface area contributed by atoms with Crippen molar-refractivity contribution in [2.24, 2.45) is 11.7 Å². The van der Waals surface area contributed by atoms with E-state index in [1.807, 2.05) is 12.1 Å². The van der Waals surface area contributed by atoms with Gasteiger partial charge in [-0.25, -0.2) is 0 Å². The molecule has 4 unspecified atom stereocenters. The van der Waals surface area contributed by atoms with Crippen molar-refractivity contribution in [3.8, 4) is 0 Å². The minimum Gasteiger partial charge on any atom is -0.469 e. The van der Waals surface area contributed by atoms with Crippen molar-refractivity contribution in [1.82, 2.24) is 5.32 Å². The lowest BCUT2D eigenvalue weighted by Crippen LogP contribution is -2.72. The molecule has 1 aromatic rings. The van der Waals surface area contributed by atoms with Crippen LogP contribution in [0.3, 0.4) is 0 Å². The van der Waals surface area contributed by atoms with E-state index in [0.29, 0.717) is 18.8 Å². The molecule has 3 N–H and O–H groups in total. The third-order valence-corrected chi connectivity index (χ3v) is 4.18. The predicted molar refractivity (Wildman–Crippen MR) is 69.4 cm³/mol. The standard InChI is InChI=1S/C14H20N2O3/c15-12-10-4-2-8-19-14(10)13(12)16-11(17)6-5-9-3-1-7-18-9/h1,3,7,10,12-14H,2,4-6,8,15H2,(H,16,17). The third-order valence-electron chi connectivity index (χ3n) is 4.18. The zero-order chi connectivity index (χ0) is 13.2. The van der Waals surface area contributed by atoms with E-state index in [0.717, 1.165) is 25.2 Å². The van der Waals surface area contributed by atoms with Gasteiger partial charge < -0.3 is 20.2 Å². The van der Waals surface area contributed by atoms with E-state index in [-0.39, 0.29) is 24.1 Å². The van der Waals surface area contributed by atoms with Gasteiger partial charge in [0.1, 0.15) is 5.76 Å². The summed E-state index contributed by atoms with van der Waals surface area (Å²) in [4.78, 5) is 11.9. The second kappa shape index (κ2) is 5.35. The fourth-order valence-electron chi connectivity index (χ4n) is 3.08. The number of amides is 1. The van der Waals surface area contributed by atoms with Crippen LogP contribution in [0.1, 0.15) is 25.0 Å². The predicted octanol–water partition coefficient (Wildman–Crippen LogP) is 0.833. The molecule has 5 nitrogen and oxygen atoms in total. The van der Waals surface area contributed by atoms with Crippen molar-refractivity contribution in [1.29, 1.82) is 0 Å². The van der Waals surface area contributed by atoms with Crippen molar-refractivity contribution in [2.45, 2.75) is 43.9 Å². The molecule has 4 atom stereocenters. The van der Waals surface area contributed by atoms with E-state index >= 15 is 0 Å². The molecular weight excluding hydrogens is 244 g/mol. The van der Waals surface area contributed by atoms with Crippen LogP contribution in [0.25, 0.3) is 0 Å². The van der Waals surface area contributed by atoms with Crippen LogP contribution in [0, 0.1) is 5.92 Å². The van der Waals surface area contributed by atoms with Crippen molar-refractivity contribution < 1.29 is 13.9 Å². The molecular formula is C14H20N2O3. The molecule has 3 rings (SSSR count). The second-order valence-electron chi connectivity index (χ2n) is 5.39. The molecule has 1 aliphatic carbocycles. The highest BCUT2D eigenvalue weighted by molar-refractivity contribution is 5.76. The largest absolute Gasteiger partial charge is 0.469 e. The molecule has 0 spiro atoms. The number of carbonyl (C=O) groups is 1. The molecule has 2 fully saturated rings. The molecule has 0 radical (unpaired) electrons. The monoisotopic (exact) mass is 264 g/mol. The molecule has 104 valence electrons. The van der Waals surface area contributed by atoms with Crippen molar-refractivity contribution in [3.05, 3.63) is 24.2 Å². The Morgan fingerprint density at radius 3 is 3.21 bits per heavy atom. The summed E-state index contributed by atoms with van der Waals surface area (Å²) >= 11 is 0. The first-order valence-electron chi connectivity index (χ1n) is 6.94. The minimum atomic E-state index is -0.0191. The van der Waals surface area contributed by atoms with Crippen LogP contribution in [0.15, 0.2) is 22.8 Å². The molecule has 1 aliphatic heterocycles. The van der Waals surface area contributed by atoms with Gasteiger partial charge in [-0.2, -0.15) is 0 Å². The Morgan fingerprint density at radius 1 is 1.53 bits per heavy atom. The Balaban J connectivity index is 1.47. The summed E-state index contributed by atoms with van der Waals surface area (Å²) in [5.41, 5.74) is 6.10. The smallest absolute Gasteiger partial charge is 0.220 e. The molecule has 1 amide bonds. The summed E-state index contributed by atoms with van der Waals surface area (Å²) in [5.74, 6) is 1.27. The zero-order valence-corrected chi connectivity index (χ0v) is 10.9. The second-order valence-corrected chi connectivity index (χ2v) is 5.39. The van der Waals surface area contributed by atoms with Gasteiger partial charge in [-0.3, -0.25) is 4.79 Å². The number of nitrogens with one attached hydrogen (secondary N) is 1. The molecule has 1 saturated carbocycles. The van der Waals surface area contributed by atoms with Gasteiger partial charge in [-0.05, 0) is 25.0 Å². The average molecular weight is 264 g/mol. The number of furan rings is 1. The zero-order valence-electron chi connectivity index (χ0n) is 10.9. The Hall–Kier alpha value is -1.33. The molecule has 5 heteroatoms. The number of carbonyl (C=O) groups excluding carboxylic acids is 1. The van der Waals surface area contributed by atoms with E-state index in [1.54, 1.807) is 6.26 Å². The van der Waals surface area contributed by atoms with Gasteiger partial charge in [0.05, 0.1) is 18.4 Å². The van der Waals surface area contributed by atoms with Gasteiger partial charge in [0, 0.05) is 31.4 Å². The van der Waals surface area contributed by atoms with Gasteiger partial charge >= 0.3 is 0 Å². The molecule has 1 saturated heterocycles. The lowest BCUT2D eigenvalue weighted by Gasteiger charge is -2.52. The first-order valence-corrected chi connectivity index (χ1v) is 6.94. The molecule has 19 heavy (non-hydrogen) atoms. The van der Waals surface area contributed by atoms with Crippen molar-refractivity contribution in [2.75, 3.05) is 6.61 Å². The fourth-order valence-corrected chi connectivity index (χ4v) is 3.08. The SMILES string of the molecule is NC1C2CCCOC2C1NC(=O)CCc1ccco1. The van der Waals surface area contributed by atoms with Gasteiger partial charge in [0.25, 0.3) is 0 Å². The van der Waals surface area contributed by atoms with Crippen LogP contribution in [0.2, 0.25) is 0 Å². The van der Waals surface area contributed by atoms with E-state index in [4.69, 9.17) is 14.9 Å². The van der Waals surface area contributed by atoms with Gasteiger partial charge in [-0.1, -0.05) is 0 Å². The summed E-state index contributed by atoms with van der Waals surface area (Å²) in [6.45, 7) is 0.784. The molecule has 0 bridgehead atoms. The fraction of sp³-hybridized carbons (Fsp3) is 0.643. The highest BCUT2D eigenvalue weighted by Crippen LogP contribution is 2.36. The van der Waals surface area contributed by atoms with Crippen molar-refractivity contribution in [3.63, 3.8) is 0 Å². The number of hydrogen-bond donors (Lipinski definition) is 2. The Labute approximate surface area is 112 Å². The summed E-state index contributed by atoms with van der Waals surface area (Å²) in [6.07, 6.45) is 4.98. The maximum Gasteiger partial charge on any atom is 0.220 e. The highest BCUT2D eigenvalue weighted by atomic mass is 16.5. The Kier molecular flexibility index (Phi) is 3.57. The van der Waals surface area contributed by atoms with E-state index in [9.17, 15) is 4.79 Å². The normalized spacial score (nSPS) is 33.3. The van der Waals surface area contributed by atoms with E-state index in [2.05, 4.69) is 5.32 Å². The third kappa shape index (κ3) is 2.53. The van der Waals surface area contributed by atoms with Gasteiger partial charge in [0.15, 0.2) is 0 Å². The van der Waals surface area contributed by atoms with Gasteiger partial charge in [0.2, 0.25) is 5.91 Å². The minimum absolute atomic E-state index is 0.0180. The molecule has 2 aliphatic rings. The van der Waals surface area contributed by atoms with Crippen LogP contribution in [0.5, 0.6) is 0 Å². The number of hydrogen-bond acceptors (Lipinski definition) is 4. The maximum absolute atomic E-state index is 11.9. The number of fused-ring (bicyclic) bond motifs is 1. The van der Waals surface area contributed by atoms with Crippen LogP contribution in [-0.2, 0) is 16.0 Å². The van der Waals surface area contributed by atoms with Crippen molar-refractivity contribution >= 4 is 5.91 Å². The lowest BCUT2D eigenvalue weighted by molar-refractivity contribution is -0.139. The molecule has 0 aromatic carbocycles. The van der Waals surface area contributed by atoms with Crippen LogP contribution in [0.4, 0.5) is 0 Å². The highest BCUT2D eigenvalue weighted by Gasteiger charge is 2.50. The number of nitrogens with two attached hydrogens (primary N) is 1. The maximum atomic E-state index is 11.9. The van der Waals surface area contributed by atoms with Crippen LogP contribution in [-0.4, -0.2) is 30.7 Å². The number of ether oxygens (including phenoxy) is 1. The van der Waals surface area contributed by atoms with Crippen LogP contribution >= 0.6 is 0 Å². The Bertz CT molecular complexity index is 432. The summed E-state index contributed by atoms with van der Waals surface area (Å²) < 4.78 is 10.9. The number of rotatable bonds is 4. The lowest BCUT2D eigenvalue weighted by atomic mass is 9.68. The van der Waals surface area contributed by atoms with Crippen LogP contribution < -0.4 is 11.1 Å². The quantitative estimate of drug-likeness (QED) is 0.844. The first kappa shape index (κ1) is 12.7. The first-order chi connectivity index (χ1) is 9.25. The molecule has 1 aromatic heterocycles. The summed E-state index contributed by atoms with van der Waals surface area (Å²) in [6, 6.07) is 3.73. The molecule has 2 heterocycles. The average Bonchev–Trinajstić information content (AvgIpc) is 2.95. The number of aryl methyl sites for hydroxylation is 1. The summed E-state index contributed by atoms with van der Waals surface area (Å²) in [7, 11) is 0. The topological polar surface area (TPSA) is 77.5 Å². The van der Waals surface area contributed by atoms with Gasteiger partial charge in [-0.15, -0.1) is 0 Å². The Morgan fingerprint density at radius 2 is 2.42 bits per heavy atom. The van der Waals surface area contributed by atoms with E-state index in [1.165, 1.54) is 0 Å². The summed E-state index contributed by atoms with van der Waals surface area (Å²) in [5, 5.41) is 3.00.